The Morgan fingerprint density at radius 3 is 2.71 bits per heavy atom. The third-order valence-electron chi connectivity index (χ3n) is 3.76. The molecule has 0 radical (unpaired) electrons. The van der Waals surface area contributed by atoms with Gasteiger partial charge < -0.3 is 15.6 Å². The zero-order valence-corrected chi connectivity index (χ0v) is 14.0. The fraction of sp³-hybridized carbons (Fsp3) is 0.375. The summed E-state index contributed by atoms with van der Waals surface area (Å²) in [6.07, 6.45) is 1.43. The fourth-order valence-electron chi connectivity index (χ4n) is 2.80. The number of hydrogen-bond acceptors (Lipinski definition) is 5. The normalized spacial score (nSPS) is 12.7. The van der Waals surface area contributed by atoms with E-state index in [-0.39, 0.29) is 30.5 Å². The van der Waals surface area contributed by atoms with Crippen LogP contribution in [0.1, 0.15) is 38.7 Å². The summed E-state index contributed by atoms with van der Waals surface area (Å²) in [6.45, 7) is 6.19. The molecular formula is C16H21N7O. The summed E-state index contributed by atoms with van der Waals surface area (Å²) in [5.41, 5.74) is 7.44. The average Bonchev–Trinajstić information content (AvgIpc) is 3.10. The van der Waals surface area contributed by atoms with Crippen molar-refractivity contribution in [3.8, 4) is 0 Å². The number of nitrogens with one attached hydrogen (secondary N) is 1. The molecule has 8 nitrogen and oxygen atoms in total. The molecule has 0 aliphatic carbocycles. The van der Waals surface area contributed by atoms with Gasteiger partial charge in [0.15, 0.2) is 0 Å². The van der Waals surface area contributed by atoms with E-state index in [9.17, 15) is 4.79 Å². The molecule has 3 N–H and O–H groups in total. The molecule has 0 bridgehead atoms. The number of para-hydroxylation sites is 2. The third-order valence-corrected chi connectivity index (χ3v) is 3.76. The number of anilines is 1. The highest BCUT2D eigenvalue weighted by molar-refractivity contribution is 5.78. The summed E-state index contributed by atoms with van der Waals surface area (Å²) in [4.78, 5) is 20.7. The van der Waals surface area contributed by atoms with Gasteiger partial charge in [-0.2, -0.15) is 0 Å². The van der Waals surface area contributed by atoms with Crippen molar-refractivity contribution in [2.45, 2.75) is 39.4 Å². The number of hydrogen-bond donors (Lipinski definition) is 2. The van der Waals surface area contributed by atoms with Gasteiger partial charge in [-0.1, -0.05) is 12.1 Å². The van der Waals surface area contributed by atoms with E-state index in [2.05, 4.69) is 33.8 Å². The van der Waals surface area contributed by atoms with E-state index in [1.54, 1.807) is 0 Å². The highest BCUT2D eigenvalue weighted by Gasteiger charge is 2.20. The summed E-state index contributed by atoms with van der Waals surface area (Å²) in [5, 5.41) is 6.87. The second kappa shape index (κ2) is 6.31. The minimum absolute atomic E-state index is 0.0659. The van der Waals surface area contributed by atoms with E-state index in [1.165, 1.54) is 11.0 Å². The lowest BCUT2D eigenvalue weighted by Crippen LogP contribution is -2.32. The van der Waals surface area contributed by atoms with E-state index in [4.69, 9.17) is 10.7 Å². The quantitative estimate of drug-likeness (QED) is 0.742. The molecule has 2 heterocycles. The zero-order valence-electron chi connectivity index (χ0n) is 14.0. The number of carbonyl (C=O) groups excluding carboxylic acids is 1. The van der Waals surface area contributed by atoms with Crippen molar-refractivity contribution in [3.63, 3.8) is 0 Å². The van der Waals surface area contributed by atoms with Gasteiger partial charge in [-0.05, 0) is 32.9 Å². The van der Waals surface area contributed by atoms with Gasteiger partial charge in [0.2, 0.25) is 11.9 Å². The number of nitrogen functional groups attached to an aromatic ring is 1. The molecule has 0 aliphatic rings. The van der Waals surface area contributed by atoms with Gasteiger partial charge in [-0.25, -0.2) is 14.6 Å². The molecule has 3 aromatic rings. The van der Waals surface area contributed by atoms with Crippen molar-refractivity contribution in [2.24, 2.45) is 0 Å². The summed E-state index contributed by atoms with van der Waals surface area (Å²) in [7, 11) is 0. The van der Waals surface area contributed by atoms with Gasteiger partial charge in [0.05, 0.1) is 17.1 Å². The number of imidazole rings is 1. The van der Waals surface area contributed by atoms with Crippen LogP contribution in [0.2, 0.25) is 0 Å². The average molecular weight is 327 g/mol. The predicted octanol–water partition coefficient (Wildman–Crippen LogP) is 1.67. The second-order valence-corrected chi connectivity index (χ2v) is 6.01. The van der Waals surface area contributed by atoms with E-state index in [0.717, 1.165) is 16.9 Å². The van der Waals surface area contributed by atoms with Crippen molar-refractivity contribution < 1.29 is 4.79 Å². The van der Waals surface area contributed by atoms with Gasteiger partial charge in [0, 0.05) is 6.04 Å². The number of fused-ring (bicyclic) bond motifs is 1. The molecule has 8 heteroatoms. The zero-order chi connectivity index (χ0) is 17.3. The standard InChI is InChI=1S/C16H21N7O/c1-10(2)23-13-7-5-4-6-12(13)20-15(23)11(3)19-14(24)8-22-9-18-16(17)21-22/h4-7,9-11H,8H2,1-3H3,(H2,17,21)(H,19,24). The smallest absolute Gasteiger partial charge is 0.242 e. The summed E-state index contributed by atoms with van der Waals surface area (Å²) >= 11 is 0. The van der Waals surface area contributed by atoms with Gasteiger partial charge in [-0.15, -0.1) is 5.10 Å². The van der Waals surface area contributed by atoms with Crippen molar-refractivity contribution in [3.05, 3.63) is 36.4 Å². The van der Waals surface area contributed by atoms with Crippen LogP contribution in [0.3, 0.4) is 0 Å². The minimum atomic E-state index is -0.229. The molecule has 126 valence electrons. The molecule has 0 saturated carbocycles. The van der Waals surface area contributed by atoms with Crippen molar-refractivity contribution in [1.82, 2.24) is 29.6 Å². The summed E-state index contributed by atoms with van der Waals surface area (Å²) < 4.78 is 3.55. The Balaban J connectivity index is 1.81. The van der Waals surface area contributed by atoms with Crippen molar-refractivity contribution in [1.29, 1.82) is 0 Å². The van der Waals surface area contributed by atoms with Gasteiger partial charge in [-0.3, -0.25) is 4.79 Å². The molecule has 24 heavy (non-hydrogen) atoms. The van der Waals surface area contributed by atoms with E-state index >= 15 is 0 Å². The molecule has 0 aliphatic heterocycles. The van der Waals surface area contributed by atoms with Crippen LogP contribution in [-0.4, -0.2) is 30.2 Å². The Morgan fingerprint density at radius 1 is 1.29 bits per heavy atom. The second-order valence-electron chi connectivity index (χ2n) is 6.01. The Bertz CT molecular complexity index is 864. The molecule has 0 spiro atoms. The fourth-order valence-corrected chi connectivity index (χ4v) is 2.80. The Labute approximate surface area is 139 Å². The first-order valence-corrected chi connectivity index (χ1v) is 7.87. The van der Waals surface area contributed by atoms with Crippen LogP contribution in [-0.2, 0) is 11.3 Å². The molecule has 2 aromatic heterocycles. The predicted molar refractivity (Wildman–Crippen MR) is 91.1 cm³/mol. The first-order valence-electron chi connectivity index (χ1n) is 7.87. The molecular weight excluding hydrogens is 306 g/mol. The molecule has 1 atom stereocenters. The first-order chi connectivity index (χ1) is 11.5. The topological polar surface area (TPSA) is 104 Å². The number of benzene rings is 1. The lowest BCUT2D eigenvalue weighted by atomic mass is 10.2. The van der Waals surface area contributed by atoms with Crippen LogP contribution in [0, 0.1) is 0 Å². The van der Waals surface area contributed by atoms with Crippen LogP contribution in [0.15, 0.2) is 30.6 Å². The Hall–Kier alpha value is -2.90. The molecule has 3 rings (SSSR count). The van der Waals surface area contributed by atoms with Crippen molar-refractivity contribution in [2.75, 3.05) is 5.73 Å². The van der Waals surface area contributed by atoms with Crippen molar-refractivity contribution >= 4 is 22.9 Å². The van der Waals surface area contributed by atoms with Crippen LogP contribution < -0.4 is 11.1 Å². The number of nitrogens with zero attached hydrogens (tertiary/aromatic N) is 5. The highest BCUT2D eigenvalue weighted by atomic mass is 16.2. The van der Waals surface area contributed by atoms with Crippen LogP contribution in [0.5, 0.6) is 0 Å². The monoisotopic (exact) mass is 327 g/mol. The maximum Gasteiger partial charge on any atom is 0.242 e. The lowest BCUT2D eigenvalue weighted by Gasteiger charge is -2.18. The maximum absolute atomic E-state index is 12.2. The number of rotatable bonds is 5. The maximum atomic E-state index is 12.2. The molecule has 1 unspecified atom stereocenters. The number of aromatic nitrogens is 5. The van der Waals surface area contributed by atoms with Crippen LogP contribution >= 0.6 is 0 Å². The highest BCUT2D eigenvalue weighted by Crippen LogP contribution is 2.24. The first kappa shape index (κ1) is 16.0. The largest absolute Gasteiger partial charge is 0.367 e. The van der Waals surface area contributed by atoms with E-state index in [1.807, 2.05) is 31.2 Å². The minimum Gasteiger partial charge on any atom is -0.367 e. The van der Waals surface area contributed by atoms with Gasteiger partial charge >= 0.3 is 0 Å². The van der Waals surface area contributed by atoms with Crippen LogP contribution in [0.25, 0.3) is 11.0 Å². The van der Waals surface area contributed by atoms with Gasteiger partial charge in [0.1, 0.15) is 18.7 Å². The SMILES string of the molecule is CC(NC(=O)Cn1cnc(N)n1)c1nc2ccccc2n1C(C)C. The van der Waals surface area contributed by atoms with E-state index in [0.29, 0.717) is 0 Å². The molecule has 0 saturated heterocycles. The van der Waals surface area contributed by atoms with Crippen LogP contribution in [0.4, 0.5) is 5.95 Å². The Kier molecular flexibility index (Phi) is 4.20. The summed E-state index contributed by atoms with van der Waals surface area (Å²) in [5.74, 6) is 0.810. The summed E-state index contributed by atoms with van der Waals surface area (Å²) in [6, 6.07) is 7.98. The number of carbonyl (C=O) groups is 1. The lowest BCUT2D eigenvalue weighted by molar-refractivity contribution is -0.122. The van der Waals surface area contributed by atoms with E-state index < -0.39 is 0 Å². The Morgan fingerprint density at radius 2 is 2.04 bits per heavy atom. The number of amides is 1. The molecule has 1 aromatic carbocycles. The molecule has 0 fully saturated rings. The number of nitrogens with two attached hydrogens (primary N) is 1. The van der Waals surface area contributed by atoms with Gasteiger partial charge in [0.25, 0.3) is 0 Å². The molecule has 1 amide bonds. The third kappa shape index (κ3) is 3.08.